The van der Waals surface area contributed by atoms with E-state index in [2.05, 4.69) is 16.0 Å². The Hall–Kier alpha value is -2.41. The first kappa shape index (κ1) is 18.9. The first-order valence-corrected chi connectivity index (χ1v) is 8.67. The Labute approximate surface area is 147 Å². The molecule has 0 unspecified atom stereocenters. The van der Waals surface area contributed by atoms with E-state index in [1.165, 1.54) is 0 Å². The molecule has 1 aromatic rings. The fraction of sp³-hybridized carbons (Fsp3) is 0.500. The Bertz CT molecular complexity index is 614. The Kier molecular flexibility index (Phi) is 6.52. The van der Waals surface area contributed by atoms with E-state index in [9.17, 15) is 14.4 Å². The second-order valence-electron chi connectivity index (χ2n) is 6.31. The quantitative estimate of drug-likeness (QED) is 0.537. The van der Waals surface area contributed by atoms with Crippen LogP contribution in [0.1, 0.15) is 38.2 Å². The van der Waals surface area contributed by atoms with Gasteiger partial charge in [0.15, 0.2) is 0 Å². The van der Waals surface area contributed by atoms with Crippen molar-refractivity contribution in [2.24, 2.45) is 5.73 Å². The number of carbonyl (C=O) groups excluding carboxylic acids is 3. The van der Waals surface area contributed by atoms with Gasteiger partial charge in [-0.3, -0.25) is 14.4 Å². The summed E-state index contributed by atoms with van der Waals surface area (Å²) in [6.07, 6.45) is 2.77. The average Bonchev–Trinajstić information content (AvgIpc) is 3.14. The number of benzene rings is 1. The molecule has 1 heterocycles. The lowest BCUT2D eigenvalue weighted by Crippen LogP contribution is -2.59. The zero-order valence-electron chi connectivity index (χ0n) is 14.5. The van der Waals surface area contributed by atoms with Gasteiger partial charge in [-0.15, -0.1) is 0 Å². The number of nitrogens with one attached hydrogen (secondary N) is 3. The molecule has 136 valence electrons. The minimum absolute atomic E-state index is 0.205. The molecule has 5 N–H and O–H groups in total. The van der Waals surface area contributed by atoms with E-state index in [4.69, 9.17) is 5.73 Å². The molecular formula is C18H26N4O3. The summed E-state index contributed by atoms with van der Waals surface area (Å²) in [5.74, 6) is -1.26. The maximum absolute atomic E-state index is 13.0. The van der Waals surface area contributed by atoms with Crippen LogP contribution in [0.2, 0.25) is 0 Å². The third-order valence-electron chi connectivity index (χ3n) is 4.42. The number of rotatable bonds is 8. The lowest BCUT2D eigenvalue weighted by molar-refractivity contribution is -0.136. The molecule has 1 saturated heterocycles. The molecule has 25 heavy (non-hydrogen) atoms. The Morgan fingerprint density at radius 2 is 2.00 bits per heavy atom. The van der Waals surface area contributed by atoms with Crippen LogP contribution >= 0.6 is 0 Å². The van der Waals surface area contributed by atoms with Crippen LogP contribution in [0, 0.1) is 0 Å². The van der Waals surface area contributed by atoms with Crippen LogP contribution in [-0.4, -0.2) is 36.9 Å². The molecule has 1 fully saturated rings. The van der Waals surface area contributed by atoms with E-state index in [0.29, 0.717) is 18.4 Å². The van der Waals surface area contributed by atoms with Gasteiger partial charge in [0.25, 0.3) is 5.91 Å². The summed E-state index contributed by atoms with van der Waals surface area (Å²) in [5, 5.41) is 8.65. The van der Waals surface area contributed by atoms with Crippen molar-refractivity contribution in [2.45, 2.75) is 44.2 Å². The van der Waals surface area contributed by atoms with Gasteiger partial charge in [-0.05, 0) is 31.4 Å². The van der Waals surface area contributed by atoms with Crippen molar-refractivity contribution in [3.63, 3.8) is 0 Å². The molecule has 2 atom stereocenters. The molecule has 7 nitrogen and oxygen atoms in total. The maximum atomic E-state index is 13.0. The van der Waals surface area contributed by atoms with Gasteiger partial charge in [-0.1, -0.05) is 43.7 Å². The predicted octanol–water partition coefficient (Wildman–Crippen LogP) is 0.152. The molecule has 1 aromatic carbocycles. The van der Waals surface area contributed by atoms with Gasteiger partial charge in [0, 0.05) is 0 Å². The third-order valence-corrected chi connectivity index (χ3v) is 4.42. The minimum atomic E-state index is -1.23. The highest BCUT2D eigenvalue weighted by atomic mass is 16.2. The highest BCUT2D eigenvalue weighted by Gasteiger charge is 2.42. The summed E-state index contributed by atoms with van der Waals surface area (Å²) in [4.78, 5) is 36.7. The molecule has 7 heteroatoms. The summed E-state index contributed by atoms with van der Waals surface area (Å²) in [6, 6.07) is 8.80. The molecular weight excluding hydrogens is 320 g/mol. The van der Waals surface area contributed by atoms with Crippen molar-refractivity contribution < 1.29 is 14.4 Å². The molecule has 0 aromatic heterocycles. The van der Waals surface area contributed by atoms with E-state index in [1.54, 1.807) is 0 Å². The van der Waals surface area contributed by atoms with Gasteiger partial charge in [-0.25, -0.2) is 0 Å². The zero-order valence-corrected chi connectivity index (χ0v) is 14.5. The third kappa shape index (κ3) is 4.57. The first-order chi connectivity index (χ1) is 12.0. The van der Waals surface area contributed by atoms with Crippen LogP contribution in [-0.2, 0) is 19.9 Å². The highest BCUT2D eigenvalue weighted by molar-refractivity contribution is 5.95. The van der Waals surface area contributed by atoms with Crippen LogP contribution in [0.3, 0.4) is 0 Å². The van der Waals surface area contributed by atoms with Gasteiger partial charge in [0.2, 0.25) is 11.8 Å². The number of hydrogen-bond donors (Lipinski definition) is 4. The molecule has 1 aliphatic rings. The normalized spacial score (nSPS) is 19.0. The zero-order chi connectivity index (χ0) is 18.3. The molecule has 0 aliphatic carbocycles. The van der Waals surface area contributed by atoms with Crippen LogP contribution in [0.15, 0.2) is 30.3 Å². The summed E-state index contributed by atoms with van der Waals surface area (Å²) in [5.41, 5.74) is 4.60. The Balaban J connectivity index is 2.34. The minimum Gasteiger partial charge on any atom is -0.368 e. The van der Waals surface area contributed by atoms with Crippen LogP contribution in [0.4, 0.5) is 0 Å². The fourth-order valence-corrected chi connectivity index (χ4v) is 3.20. The number of primary amides is 1. The second kappa shape index (κ2) is 8.62. The van der Waals surface area contributed by atoms with Crippen LogP contribution in [0.5, 0.6) is 0 Å². The molecule has 3 amide bonds. The molecule has 1 aliphatic heterocycles. The summed E-state index contributed by atoms with van der Waals surface area (Å²) >= 11 is 0. The van der Waals surface area contributed by atoms with E-state index in [-0.39, 0.29) is 18.5 Å². The highest BCUT2D eigenvalue weighted by Crippen LogP contribution is 2.28. The average molecular weight is 346 g/mol. The molecule has 0 radical (unpaired) electrons. The topological polar surface area (TPSA) is 113 Å². The predicted molar refractivity (Wildman–Crippen MR) is 94.4 cm³/mol. The van der Waals surface area contributed by atoms with Gasteiger partial charge >= 0.3 is 0 Å². The number of carbonyl (C=O) groups is 3. The van der Waals surface area contributed by atoms with E-state index in [1.807, 2.05) is 37.3 Å². The molecule has 0 bridgehead atoms. The maximum Gasteiger partial charge on any atom is 0.250 e. The lowest BCUT2D eigenvalue weighted by atomic mass is 9.84. The SMILES string of the molecule is CCC[C@](NC(=O)[C@@H]1CCCN1)(C(=O)NCC(N)=O)c1ccccc1. The van der Waals surface area contributed by atoms with Crippen molar-refractivity contribution in [3.8, 4) is 0 Å². The largest absolute Gasteiger partial charge is 0.368 e. The van der Waals surface area contributed by atoms with Gasteiger partial charge in [-0.2, -0.15) is 0 Å². The van der Waals surface area contributed by atoms with Crippen molar-refractivity contribution in [1.29, 1.82) is 0 Å². The number of amides is 3. The molecule has 2 rings (SSSR count). The van der Waals surface area contributed by atoms with Crippen LogP contribution in [0.25, 0.3) is 0 Å². The van der Waals surface area contributed by atoms with E-state index >= 15 is 0 Å². The Morgan fingerprint density at radius 3 is 2.56 bits per heavy atom. The summed E-state index contributed by atoms with van der Waals surface area (Å²) in [7, 11) is 0. The van der Waals surface area contributed by atoms with Gasteiger partial charge in [0.05, 0.1) is 12.6 Å². The van der Waals surface area contributed by atoms with Crippen LogP contribution < -0.4 is 21.7 Å². The smallest absolute Gasteiger partial charge is 0.250 e. The summed E-state index contributed by atoms with van der Waals surface area (Å²) < 4.78 is 0. The summed E-state index contributed by atoms with van der Waals surface area (Å²) in [6.45, 7) is 2.46. The first-order valence-electron chi connectivity index (χ1n) is 8.67. The number of hydrogen-bond acceptors (Lipinski definition) is 4. The van der Waals surface area contributed by atoms with Crippen molar-refractivity contribution in [2.75, 3.05) is 13.1 Å². The Morgan fingerprint density at radius 1 is 1.28 bits per heavy atom. The fourth-order valence-electron chi connectivity index (χ4n) is 3.20. The van der Waals surface area contributed by atoms with Crippen molar-refractivity contribution in [1.82, 2.24) is 16.0 Å². The molecule has 0 spiro atoms. The van der Waals surface area contributed by atoms with Crippen molar-refractivity contribution >= 4 is 17.7 Å². The van der Waals surface area contributed by atoms with Gasteiger partial charge < -0.3 is 21.7 Å². The van der Waals surface area contributed by atoms with E-state index < -0.39 is 17.4 Å². The monoisotopic (exact) mass is 346 g/mol. The van der Waals surface area contributed by atoms with Crippen molar-refractivity contribution in [3.05, 3.63) is 35.9 Å². The molecule has 0 saturated carbocycles. The second-order valence-corrected chi connectivity index (χ2v) is 6.31. The standard InChI is InChI=1S/C18H26N4O3/c1-2-10-18(13-7-4-3-5-8-13,17(25)21-12-15(19)23)22-16(24)14-9-6-11-20-14/h3-5,7-8,14,20H,2,6,9-12H2,1H3,(H2,19,23)(H,21,25)(H,22,24)/t14-,18+/m0/s1. The lowest BCUT2D eigenvalue weighted by Gasteiger charge is -2.34. The van der Waals surface area contributed by atoms with Gasteiger partial charge in [0.1, 0.15) is 5.54 Å². The van der Waals surface area contributed by atoms with E-state index in [0.717, 1.165) is 19.4 Å². The number of nitrogens with two attached hydrogens (primary N) is 1.